The van der Waals surface area contributed by atoms with Crippen molar-refractivity contribution in [1.82, 2.24) is 19.6 Å². The number of oxime groups is 1. The van der Waals surface area contributed by atoms with E-state index in [1.807, 2.05) is 68.4 Å². The van der Waals surface area contributed by atoms with E-state index in [9.17, 15) is 4.79 Å². The van der Waals surface area contributed by atoms with Gasteiger partial charge in [-0.3, -0.25) is 4.79 Å². The van der Waals surface area contributed by atoms with E-state index in [0.717, 1.165) is 22.4 Å². The Morgan fingerprint density at radius 1 is 1.13 bits per heavy atom. The first-order valence-corrected chi connectivity index (χ1v) is 12.8. The minimum Gasteiger partial charge on any atom is -0.442 e. The molecule has 192 valence electrons. The molecule has 2 aromatic carbocycles. The molecule has 0 fully saturated rings. The van der Waals surface area contributed by atoms with Crippen LogP contribution in [0.25, 0.3) is 5.65 Å². The van der Waals surface area contributed by atoms with Crippen LogP contribution in [-0.2, 0) is 16.2 Å². The van der Waals surface area contributed by atoms with Gasteiger partial charge in [0.25, 0.3) is 0 Å². The van der Waals surface area contributed by atoms with Crippen LogP contribution in [-0.4, -0.2) is 31.1 Å². The standard InChI is InChI=1S/C30H29N5O3/c1-18-10-12-20(13-11-18)19(2)34-37-16-24-32-28-27-25(21-8-6-5-7-9-21)26-22(36)14-30(3,4)15-23(26)38-29(27)31-17-35(28)33-24/h5-13,17,25H,14-16H2,1-4H3/b34-19-/t25-/m1/s1. The van der Waals surface area contributed by atoms with Gasteiger partial charge in [0.15, 0.2) is 23.9 Å². The van der Waals surface area contributed by atoms with Crippen molar-refractivity contribution in [2.75, 3.05) is 0 Å². The number of hydrogen-bond acceptors (Lipinski definition) is 7. The van der Waals surface area contributed by atoms with Crippen molar-refractivity contribution in [3.63, 3.8) is 0 Å². The summed E-state index contributed by atoms with van der Waals surface area (Å²) in [4.78, 5) is 28.5. The Hall–Kier alpha value is -4.33. The quantitative estimate of drug-likeness (QED) is 0.260. The average molecular weight is 508 g/mol. The molecule has 2 aromatic heterocycles. The number of carbonyl (C=O) groups is 1. The Bertz CT molecular complexity index is 1600. The lowest BCUT2D eigenvalue weighted by Gasteiger charge is -2.37. The molecule has 0 radical (unpaired) electrons. The van der Waals surface area contributed by atoms with Crippen LogP contribution >= 0.6 is 0 Å². The zero-order valence-corrected chi connectivity index (χ0v) is 21.9. The Balaban J connectivity index is 1.37. The summed E-state index contributed by atoms with van der Waals surface area (Å²) in [6.45, 7) is 8.23. The van der Waals surface area contributed by atoms with Crippen molar-refractivity contribution >= 4 is 17.1 Å². The summed E-state index contributed by atoms with van der Waals surface area (Å²) >= 11 is 0. The van der Waals surface area contributed by atoms with E-state index in [4.69, 9.17) is 14.6 Å². The number of fused-ring (bicyclic) bond motifs is 3. The summed E-state index contributed by atoms with van der Waals surface area (Å²) in [6.07, 6.45) is 2.73. The van der Waals surface area contributed by atoms with E-state index in [2.05, 4.69) is 29.1 Å². The van der Waals surface area contributed by atoms with E-state index in [-0.39, 0.29) is 23.7 Å². The third-order valence-electron chi connectivity index (χ3n) is 7.10. The molecular formula is C30H29N5O3. The first-order chi connectivity index (χ1) is 18.3. The number of carbonyl (C=O) groups excluding carboxylic acids is 1. The Kier molecular flexibility index (Phi) is 5.82. The van der Waals surface area contributed by atoms with Crippen molar-refractivity contribution in [2.24, 2.45) is 10.6 Å². The molecule has 3 heterocycles. The highest BCUT2D eigenvalue weighted by Gasteiger charge is 2.43. The minimum atomic E-state index is -0.338. The number of Topliss-reactive ketones (excluding diaryl/α,β-unsaturated/α-hetero) is 1. The van der Waals surface area contributed by atoms with Crippen molar-refractivity contribution in [1.29, 1.82) is 0 Å². The maximum Gasteiger partial charge on any atom is 0.228 e. The van der Waals surface area contributed by atoms with Gasteiger partial charge in [-0.05, 0) is 30.4 Å². The zero-order valence-electron chi connectivity index (χ0n) is 21.9. The Morgan fingerprint density at radius 3 is 2.66 bits per heavy atom. The molecule has 1 aliphatic carbocycles. The number of ether oxygens (including phenoxy) is 1. The van der Waals surface area contributed by atoms with Crippen LogP contribution in [0.5, 0.6) is 5.88 Å². The SMILES string of the molecule is C/C(=N/OCc1nc2c3c(ncn2n1)OC1=C(C(=O)CC(C)(C)C1)[C@H]3c1ccccc1)c1ccc(C)cc1. The summed E-state index contributed by atoms with van der Waals surface area (Å²) in [7, 11) is 0. The molecule has 0 unspecified atom stereocenters. The highest BCUT2D eigenvalue weighted by Crippen LogP contribution is 2.50. The second-order valence-corrected chi connectivity index (χ2v) is 10.8. The number of allylic oxidation sites excluding steroid dienone is 2. The fourth-order valence-corrected chi connectivity index (χ4v) is 5.26. The molecule has 2 aliphatic rings. The van der Waals surface area contributed by atoms with Crippen molar-refractivity contribution in [2.45, 2.75) is 53.1 Å². The van der Waals surface area contributed by atoms with Gasteiger partial charge in [0, 0.05) is 24.3 Å². The first kappa shape index (κ1) is 24.0. The lowest BCUT2D eigenvalue weighted by Crippen LogP contribution is -2.33. The van der Waals surface area contributed by atoms with Crippen LogP contribution in [0.2, 0.25) is 0 Å². The van der Waals surface area contributed by atoms with Gasteiger partial charge >= 0.3 is 0 Å². The van der Waals surface area contributed by atoms with Crippen molar-refractivity contribution in [3.05, 3.63) is 100 Å². The van der Waals surface area contributed by atoms with Crippen LogP contribution in [0.15, 0.2) is 77.4 Å². The van der Waals surface area contributed by atoms with Crippen LogP contribution in [0, 0.1) is 12.3 Å². The van der Waals surface area contributed by atoms with E-state index >= 15 is 0 Å². The molecule has 8 nitrogen and oxygen atoms in total. The van der Waals surface area contributed by atoms with Gasteiger partial charge < -0.3 is 9.57 Å². The molecule has 0 bridgehead atoms. The normalized spacial score (nSPS) is 18.7. The summed E-state index contributed by atoms with van der Waals surface area (Å²) in [5, 5.41) is 8.82. The highest BCUT2D eigenvalue weighted by atomic mass is 16.6. The molecule has 0 N–H and O–H groups in total. The number of aromatic nitrogens is 4. The summed E-state index contributed by atoms with van der Waals surface area (Å²) in [6, 6.07) is 18.1. The van der Waals surface area contributed by atoms with Crippen LogP contribution in [0.3, 0.4) is 0 Å². The molecule has 0 saturated carbocycles. The van der Waals surface area contributed by atoms with Crippen LogP contribution in [0.1, 0.15) is 67.6 Å². The van der Waals surface area contributed by atoms with Gasteiger partial charge in [0.05, 0.1) is 11.3 Å². The largest absolute Gasteiger partial charge is 0.442 e. The maximum absolute atomic E-state index is 13.5. The van der Waals surface area contributed by atoms with Crippen molar-refractivity contribution in [3.8, 4) is 5.88 Å². The molecule has 1 aliphatic heterocycles. The fraction of sp³-hybridized carbons (Fsp3) is 0.300. The predicted octanol–water partition coefficient (Wildman–Crippen LogP) is 5.54. The molecular weight excluding hydrogens is 478 g/mol. The van der Waals surface area contributed by atoms with E-state index in [1.165, 1.54) is 5.56 Å². The van der Waals surface area contributed by atoms with E-state index in [1.54, 1.807) is 10.8 Å². The predicted molar refractivity (Wildman–Crippen MR) is 143 cm³/mol. The average Bonchev–Trinajstić information content (AvgIpc) is 3.31. The molecule has 38 heavy (non-hydrogen) atoms. The van der Waals surface area contributed by atoms with E-state index < -0.39 is 0 Å². The lowest BCUT2D eigenvalue weighted by molar-refractivity contribution is -0.118. The zero-order chi connectivity index (χ0) is 26.4. The van der Waals surface area contributed by atoms with Crippen LogP contribution in [0.4, 0.5) is 0 Å². The molecule has 0 spiro atoms. The molecule has 6 rings (SSSR count). The number of benzene rings is 2. The third-order valence-corrected chi connectivity index (χ3v) is 7.10. The second kappa shape index (κ2) is 9.20. The fourth-order valence-electron chi connectivity index (χ4n) is 5.26. The summed E-state index contributed by atoms with van der Waals surface area (Å²) in [5.74, 6) is 1.39. The summed E-state index contributed by atoms with van der Waals surface area (Å²) < 4.78 is 7.92. The first-order valence-electron chi connectivity index (χ1n) is 12.8. The van der Waals surface area contributed by atoms with Crippen molar-refractivity contribution < 1.29 is 14.4 Å². The minimum absolute atomic E-state index is 0.0948. The topological polar surface area (TPSA) is 91.0 Å². The number of aryl methyl sites for hydroxylation is 1. The second-order valence-electron chi connectivity index (χ2n) is 10.8. The highest BCUT2D eigenvalue weighted by molar-refractivity contribution is 6.00. The smallest absolute Gasteiger partial charge is 0.228 e. The molecule has 4 aromatic rings. The number of ketones is 1. The Morgan fingerprint density at radius 2 is 1.89 bits per heavy atom. The molecule has 0 amide bonds. The van der Waals surface area contributed by atoms with Gasteiger partial charge in [-0.15, -0.1) is 5.10 Å². The van der Waals surface area contributed by atoms with Gasteiger partial charge in [-0.1, -0.05) is 79.2 Å². The van der Waals surface area contributed by atoms with Gasteiger partial charge in [0.2, 0.25) is 5.88 Å². The van der Waals surface area contributed by atoms with Gasteiger partial charge in [-0.25, -0.2) is 14.5 Å². The third kappa shape index (κ3) is 4.36. The Labute approximate surface area is 221 Å². The maximum atomic E-state index is 13.5. The van der Waals surface area contributed by atoms with Crippen LogP contribution < -0.4 is 4.74 Å². The molecule has 0 saturated heterocycles. The number of rotatable bonds is 5. The number of hydrogen-bond donors (Lipinski definition) is 0. The number of nitrogens with zero attached hydrogens (tertiary/aromatic N) is 5. The molecule has 1 atom stereocenters. The van der Waals surface area contributed by atoms with Gasteiger partial charge in [-0.2, -0.15) is 0 Å². The van der Waals surface area contributed by atoms with Gasteiger partial charge in [0.1, 0.15) is 12.1 Å². The molecule has 8 heteroatoms. The van der Waals surface area contributed by atoms with E-state index in [0.29, 0.717) is 41.5 Å². The lowest BCUT2D eigenvalue weighted by atomic mass is 9.70. The summed E-state index contributed by atoms with van der Waals surface area (Å²) in [5.41, 5.74) is 5.79. The monoisotopic (exact) mass is 507 g/mol.